The van der Waals surface area contributed by atoms with Crippen LogP contribution in [0.4, 0.5) is 10.1 Å². The molecule has 0 bridgehead atoms. The largest absolute Gasteiger partial charge is 0.494 e. The molecule has 6 N–H and O–H groups in total. The van der Waals surface area contributed by atoms with Gasteiger partial charge in [-0.1, -0.05) is 6.07 Å². The smallest absolute Gasteiger partial charge is 0.267 e. The van der Waals surface area contributed by atoms with E-state index in [1.165, 1.54) is 24.8 Å². The Labute approximate surface area is 159 Å². The molecule has 1 amide bonds. The number of nitrogens with one attached hydrogen (secondary N) is 2. The summed E-state index contributed by atoms with van der Waals surface area (Å²) in [7, 11) is 1.48. The number of aliphatic imine (C=N–C) groups is 1. The number of carbonyl (C=O) groups is 1. The first-order valence-electron chi connectivity index (χ1n) is 8.08. The Morgan fingerprint density at radius 1 is 1.32 bits per heavy atom. The molecule has 2 aromatic rings. The van der Waals surface area contributed by atoms with E-state index in [-0.39, 0.29) is 11.4 Å². The van der Waals surface area contributed by atoms with Crippen molar-refractivity contribution in [1.29, 1.82) is 5.41 Å². The van der Waals surface area contributed by atoms with E-state index in [1.54, 1.807) is 24.5 Å². The molecule has 0 aliphatic carbocycles. The Bertz CT molecular complexity index is 1020. The highest BCUT2D eigenvalue weighted by Crippen LogP contribution is 2.35. The molecule has 0 atom stereocenters. The number of carbonyl (C=O) groups excluding carboxylic acids is 1. The lowest BCUT2D eigenvalue weighted by Crippen LogP contribution is -2.77. The third kappa shape index (κ3) is 3.91. The second kappa shape index (κ2) is 8.18. The predicted octanol–water partition coefficient (Wildman–Crippen LogP) is 0.697. The highest BCUT2D eigenvalue weighted by molar-refractivity contribution is 6.24. The summed E-state index contributed by atoms with van der Waals surface area (Å²) in [6.07, 6.45) is 8.27. The first-order valence-corrected chi connectivity index (χ1v) is 8.08. The number of amidine groups is 1. The normalized spacial score (nSPS) is 14.9. The van der Waals surface area contributed by atoms with E-state index in [0.29, 0.717) is 22.6 Å². The lowest BCUT2D eigenvalue weighted by atomic mass is 10.1. The zero-order valence-electron chi connectivity index (χ0n) is 14.8. The molecule has 2 aromatic heterocycles. The summed E-state index contributed by atoms with van der Waals surface area (Å²) >= 11 is 0. The number of hydrogen-bond donors (Lipinski definition) is 4. The Hall–Kier alpha value is -3.92. The molecule has 0 saturated carbocycles. The highest BCUT2D eigenvalue weighted by Gasteiger charge is 2.25. The van der Waals surface area contributed by atoms with Crippen molar-refractivity contribution < 1.29 is 19.2 Å². The monoisotopic (exact) mass is 382 g/mol. The summed E-state index contributed by atoms with van der Waals surface area (Å²) in [6, 6.07) is 3.55. The quantitative estimate of drug-likeness (QED) is 0.342. The fraction of sp³-hybridized carbons (Fsp3) is 0.0556. The molecule has 9 nitrogen and oxygen atoms in total. The van der Waals surface area contributed by atoms with Gasteiger partial charge in [0.15, 0.2) is 11.4 Å². The molecule has 0 aromatic carbocycles. The molecule has 0 fully saturated rings. The van der Waals surface area contributed by atoms with Crippen molar-refractivity contribution in [3.8, 4) is 16.9 Å². The van der Waals surface area contributed by atoms with Crippen LogP contribution in [0.2, 0.25) is 0 Å². The third-order valence-corrected chi connectivity index (χ3v) is 3.81. The molecule has 0 radical (unpaired) electrons. The molecule has 1 aliphatic rings. The number of hydrogen-bond acceptors (Lipinski definition) is 6. The van der Waals surface area contributed by atoms with E-state index in [2.05, 4.69) is 20.3 Å². The van der Waals surface area contributed by atoms with Gasteiger partial charge in [0.2, 0.25) is 5.82 Å². The van der Waals surface area contributed by atoms with Gasteiger partial charge in [-0.15, -0.1) is 0 Å². The zero-order chi connectivity index (χ0) is 20.1. The Kier molecular flexibility index (Phi) is 5.51. The van der Waals surface area contributed by atoms with Crippen LogP contribution in [0.3, 0.4) is 0 Å². The number of nitrogens with two attached hydrogens (primary N) is 2. The van der Waals surface area contributed by atoms with E-state index in [9.17, 15) is 9.18 Å². The van der Waals surface area contributed by atoms with Gasteiger partial charge in [-0.25, -0.2) is 4.99 Å². The molecule has 0 saturated heterocycles. The van der Waals surface area contributed by atoms with Gasteiger partial charge in [-0.2, -0.15) is 4.39 Å². The maximum atomic E-state index is 13.1. The summed E-state index contributed by atoms with van der Waals surface area (Å²) in [6.45, 7) is 0. The van der Waals surface area contributed by atoms with Crippen molar-refractivity contribution in [2.45, 2.75) is 0 Å². The van der Waals surface area contributed by atoms with Crippen molar-refractivity contribution in [2.75, 3.05) is 12.4 Å². The van der Waals surface area contributed by atoms with Crippen molar-refractivity contribution in [3.63, 3.8) is 0 Å². The van der Waals surface area contributed by atoms with Crippen molar-refractivity contribution in [1.82, 2.24) is 9.97 Å². The Morgan fingerprint density at radius 3 is 2.75 bits per heavy atom. The van der Waals surface area contributed by atoms with Crippen LogP contribution in [0.1, 0.15) is 0 Å². The van der Waals surface area contributed by atoms with Crippen molar-refractivity contribution in [3.05, 3.63) is 60.3 Å². The number of ether oxygens (including phenoxy) is 1. The maximum Gasteiger partial charge on any atom is 0.267 e. The van der Waals surface area contributed by atoms with E-state index in [0.717, 1.165) is 12.4 Å². The first kappa shape index (κ1) is 18.9. The van der Waals surface area contributed by atoms with Gasteiger partial charge in [0.1, 0.15) is 17.8 Å². The molecule has 142 valence electrons. The predicted molar refractivity (Wildman–Crippen MR) is 101 cm³/mol. The minimum Gasteiger partial charge on any atom is -0.494 e. The molecular weight excluding hydrogens is 365 g/mol. The highest BCUT2D eigenvalue weighted by atomic mass is 19.1. The molecule has 0 spiro atoms. The molecule has 0 unspecified atom stereocenters. The topological polar surface area (TPSA) is 143 Å². The van der Waals surface area contributed by atoms with Crippen LogP contribution >= 0.6 is 0 Å². The first-order chi connectivity index (χ1) is 13.5. The Morgan fingerprint density at radius 2 is 2.14 bits per heavy atom. The number of pyridine rings is 2. The second-order valence-corrected chi connectivity index (χ2v) is 5.61. The number of allylic oxidation sites excluding steroid dienone is 1. The minimum absolute atomic E-state index is 0.0742. The van der Waals surface area contributed by atoms with Crippen LogP contribution in [0.15, 0.2) is 65.3 Å². The molecule has 3 heterocycles. The number of anilines is 1. The van der Waals surface area contributed by atoms with Crippen molar-refractivity contribution in [2.24, 2.45) is 10.7 Å². The maximum absolute atomic E-state index is 13.1. The number of nitrogens with zero attached hydrogens (tertiary/aromatic N) is 3. The van der Waals surface area contributed by atoms with E-state index in [4.69, 9.17) is 15.9 Å². The average molecular weight is 382 g/mol. The number of rotatable bonds is 5. The molecular formula is C18H17FN7O2+. The average Bonchev–Trinajstić information content (AvgIpc) is 2.70. The van der Waals surface area contributed by atoms with Crippen LogP contribution in [-0.4, -0.2) is 35.0 Å². The van der Waals surface area contributed by atoms with Gasteiger partial charge in [0.05, 0.1) is 37.0 Å². The molecule has 1 aliphatic heterocycles. The van der Waals surface area contributed by atoms with Gasteiger partial charge in [0, 0.05) is 18.0 Å². The summed E-state index contributed by atoms with van der Waals surface area (Å²) in [5.74, 6) is -1.26. The van der Waals surface area contributed by atoms with Crippen LogP contribution in [0.5, 0.6) is 5.75 Å². The zero-order valence-corrected chi connectivity index (χ0v) is 14.8. The van der Waals surface area contributed by atoms with E-state index in [1.807, 2.05) is 0 Å². The van der Waals surface area contributed by atoms with Gasteiger partial charge < -0.3 is 15.8 Å². The van der Waals surface area contributed by atoms with Crippen LogP contribution < -0.4 is 21.1 Å². The van der Waals surface area contributed by atoms with E-state index < -0.39 is 17.6 Å². The van der Waals surface area contributed by atoms with Gasteiger partial charge >= 0.3 is 0 Å². The standard InChI is InChI=1S/C18H16FN7O2/c1-28-13-9-23-8-12(14(13)10-3-2-4-22-5-10)26-18(27)15(16(20)21)17-24-6-11(19)7-25-17/h2-9,24H,1H3,(H3,20,21)(H,26,27)/p+1. The van der Waals surface area contributed by atoms with Crippen molar-refractivity contribution >= 4 is 23.6 Å². The summed E-state index contributed by atoms with van der Waals surface area (Å²) in [4.78, 5) is 24.8. The summed E-state index contributed by atoms with van der Waals surface area (Å²) in [5, 5.41) is 11.7. The number of methoxy groups -OCH3 is 1. The lowest BCUT2D eigenvalue weighted by Gasteiger charge is -2.15. The molecule has 28 heavy (non-hydrogen) atoms. The lowest BCUT2D eigenvalue weighted by molar-refractivity contribution is -0.538. The fourth-order valence-electron chi connectivity index (χ4n) is 2.58. The van der Waals surface area contributed by atoms with Gasteiger partial charge in [0.25, 0.3) is 5.91 Å². The van der Waals surface area contributed by atoms with Gasteiger partial charge in [-0.3, -0.25) is 25.5 Å². The van der Waals surface area contributed by atoms with Crippen LogP contribution in [0, 0.1) is 5.41 Å². The third-order valence-electron chi connectivity index (χ3n) is 3.81. The van der Waals surface area contributed by atoms with Crippen LogP contribution in [0.25, 0.3) is 11.1 Å². The molecule has 3 rings (SSSR count). The van der Waals surface area contributed by atoms with E-state index >= 15 is 0 Å². The van der Waals surface area contributed by atoms with Crippen LogP contribution in [-0.2, 0) is 4.79 Å². The fourth-order valence-corrected chi connectivity index (χ4v) is 2.58. The number of quaternary nitrogens is 1. The number of halogens is 1. The second-order valence-electron chi connectivity index (χ2n) is 5.61. The minimum atomic E-state index is -0.688. The SMILES string of the molecule is COc1cncc(NC(=O)C(C(=N)N)=C2N=CC(F)=C[NH2+]2)c1-c1cccnc1. The Balaban J connectivity index is 2.02. The summed E-state index contributed by atoms with van der Waals surface area (Å²) in [5.41, 5.74) is 6.96. The number of amides is 1. The molecule has 10 heteroatoms. The number of aromatic nitrogens is 2. The summed E-state index contributed by atoms with van der Waals surface area (Å²) < 4.78 is 18.5. The van der Waals surface area contributed by atoms with Gasteiger partial charge in [-0.05, 0) is 6.07 Å².